The SMILES string of the molecule is CCCCCCCn1cc[n+](C/C=C/Cc2ccccc2Cl)c1. The lowest BCUT2D eigenvalue weighted by Gasteiger charge is -1.98. The molecule has 0 radical (unpaired) electrons. The Labute approximate surface area is 145 Å². The average Bonchev–Trinajstić information content (AvgIpc) is 3.01. The van der Waals surface area contributed by atoms with Crippen molar-refractivity contribution in [2.75, 3.05) is 0 Å². The highest BCUT2D eigenvalue weighted by molar-refractivity contribution is 6.31. The van der Waals surface area contributed by atoms with E-state index in [2.05, 4.69) is 53.0 Å². The van der Waals surface area contributed by atoms with Crippen LogP contribution in [0.4, 0.5) is 0 Å². The van der Waals surface area contributed by atoms with E-state index in [0.29, 0.717) is 0 Å². The van der Waals surface area contributed by atoms with Gasteiger partial charge in [0.05, 0.1) is 6.54 Å². The standard InChI is InChI=1S/C20H28ClN2/c1-2-3-4-5-9-14-22-16-17-23(18-22)15-10-8-12-19-11-6-7-13-20(19)21/h6-8,10-11,13,16-18H,2-5,9,12,14-15H2,1H3/q+1/b10-8+. The van der Waals surface area contributed by atoms with E-state index in [1.807, 2.05) is 18.2 Å². The van der Waals surface area contributed by atoms with Gasteiger partial charge < -0.3 is 0 Å². The van der Waals surface area contributed by atoms with Gasteiger partial charge in [-0.15, -0.1) is 0 Å². The van der Waals surface area contributed by atoms with Crippen molar-refractivity contribution in [3.05, 3.63) is 65.7 Å². The minimum atomic E-state index is 0.846. The molecule has 0 N–H and O–H groups in total. The van der Waals surface area contributed by atoms with Gasteiger partial charge in [-0.05, 0) is 37.0 Å². The summed E-state index contributed by atoms with van der Waals surface area (Å²) in [6.07, 6.45) is 18.4. The van der Waals surface area contributed by atoms with Gasteiger partial charge in [0.2, 0.25) is 6.33 Å². The van der Waals surface area contributed by atoms with E-state index < -0.39 is 0 Å². The predicted molar refractivity (Wildman–Crippen MR) is 97.7 cm³/mol. The van der Waals surface area contributed by atoms with Crippen molar-refractivity contribution in [1.29, 1.82) is 0 Å². The van der Waals surface area contributed by atoms with Gasteiger partial charge in [-0.2, -0.15) is 0 Å². The number of allylic oxidation sites excluding steroid dienone is 2. The number of nitrogens with zero attached hydrogens (tertiary/aromatic N) is 2. The van der Waals surface area contributed by atoms with Gasteiger partial charge in [-0.3, -0.25) is 0 Å². The van der Waals surface area contributed by atoms with Gasteiger partial charge in [0, 0.05) is 5.02 Å². The number of unbranched alkanes of at least 4 members (excludes halogenated alkanes) is 4. The molecule has 1 aromatic heterocycles. The number of hydrogen-bond acceptors (Lipinski definition) is 0. The van der Waals surface area contributed by atoms with Crippen molar-refractivity contribution >= 4 is 11.6 Å². The first-order chi connectivity index (χ1) is 11.3. The third-order valence-electron chi connectivity index (χ3n) is 4.04. The van der Waals surface area contributed by atoms with Crippen LogP contribution in [0.3, 0.4) is 0 Å². The van der Waals surface area contributed by atoms with Gasteiger partial charge in [0.15, 0.2) is 0 Å². The molecule has 1 heterocycles. The summed E-state index contributed by atoms with van der Waals surface area (Å²) in [7, 11) is 0. The number of aromatic nitrogens is 2. The Morgan fingerprint density at radius 2 is 1.91 bits per heavy atom. The molecule has 3 heteroatoms. The van der Waals surface area contributed by atoms with Crippen LogP contribution in [0.15, 0.2) is 55.1 Å². The van der Waals surface area contributed by atoms with Gasteiger partial charge in [-0.1, -0.05) is 62.1 Å². The summed E-state index contributed by atoms with van der Waals surface area (Å²) >= 11 is 6.16. The van der Waals surface area contributed by atoms with Crippen LogP contribution < -0.4 is 4.57 Å². The van der Waals surface area contributed by atoms with Crippen molar-refractivity contribution in [3.8, 4) is 0 Å². The fraction of sp³-hybridized carbons (Fsp3) is 0.450. The van der Waals surface area contributed by atoms with E-state index in [1.54, 1.807) is 0 Å². The Morgan fingerprint density at radius 1 is 1.09 bits per heavy atom. The Balaban J connectivity index is 1.70. The lowest BCUT2D eigenvalue weighted by Crippen LogP contribution is -2.29. The molecule has 2 aromatic rings. The van der Waals surface area contributed by atoms with E-state index >= 15 is 0 Å². The third kappa shape index (κ3) is 6.62. The highest BCUT2D eigenvalue weighted by Crippen LogP contribution is 2.15. The maximum atomic E-state index is 6.16. The average molecular weight is 332 g/mol. The summed E-state index contributed by atoms with van der Waals surface area (Å²) in [6.45, 7) is 4.29. The zero-order valence-corrected chi connectivity index (χ0v) is 14.9. The van der Waals surface area contributed by atoms with Gasteiger partial charge in [0.25, 0.3) is 0 Å². The third-order valence-corrected chi connectivity index (χ3v) is 4.41. The number of imidazole rings is 1. The van der Waals surface area contributed by atoms with Crippen LogP contribution in [-0.2, 0) is 19.5 Å². The van der Waals surface area contributed by atoms with Gasteiger partial charge >= 0.3 is 0 Å². The smallest absolute Gasteiger partial charge is 0.237 e. The Kier molecular flexibility index (Phi) is 7.96. The second-order valence-electron chi connectivity index (χ2n) is 6.03. The van der Waals surface area contributed by atoms with Crippen LogP contribution in [0.2, 0.25) is 5.02 Å². The zero-order valence-electron chi connectivity index (χ0n) is 14.1. The molecule has 0 spiro atoms. The van der Waals surface area contributed by atoms with Crippen LogP contribution in [0.25, 0.3) is 0 Å². The number of aryl methyl sites for hydroxylation is 1. The molecule has 0 fully saturated rings. The highest BCUT2D eigenvalue weighted by Gasteiger charge is 2.02. The summed E-state index contributed by atoms with van der Waals surface area (Å²) < 4.78 is 4.50. The van der Waals surface area contributed by atoms with Gasteiger partial charge in [-0.25, -0.2) is 9.13 Å². The molecule has 0 saturated carbocycles. The zero-order chi connectivity index (χ0) is 16.3. The Morgan fingerprint density at radius 3 is 2.74 bits per heavy atom. The fourth-order valence-electron chi connectivity index (χ4n) is 2.65. The first-order valence-electron chi connectivity index (χ1n) is 8.73. The summed E-state index contributed by atoms with van der Waals surface area (Å²) in [5.41, 5.74) is 1.18. The van der Waals surface area contributed by atoms with Crippen molar-refractivity contribution in [1.82, 2.24) is 4.57 Å². The van der Waals surface area contributed by atoms with E-state index in [0.717, 1.165) is 24.5 Å². The minimum absolute atomic E-state index is 0.846. The fourth-order valence-corrected chi connectivity index (χ4v) is 2.86. The monoisotopic (exact) mass is 331 g/mol. The lowest BCUT2D eigenvalue weighted by atomic mass is 10.1. The van der Waals surface area contributed by atoms with Gasteiger partial charge in [0.1, 0.15) is 18.9 Å². The quantitative estimate of drug-likeness (QED) is 0.321. The number of hydrogen-bond donors (Lipinski definition) is 0. The molecule has 0 atom stereocenters. The Bertz CT molecular complexity index is 601. The van der Waals surface area contributed by atoms with Crippen molar-refractivity contribution in [2.45, 2.75) is 58.5 Å². The number of benzene rings is 1. The molecule has 23 heavy (non-hydrogen) atoms. The molecule has 2 rings (SSSR count). The first-order valence-corrected chi connectivity index (χ1v) is 9.10. The highest BCUT2D eigenvalue weighted by atomic mass is 35.5. The predicted octanol–water partition coefficient (Wildman–Crippen LogP) is 5.20. The van der Waals surface area contributed by atoms with E-state index in [-0.39, 0.29) is 0 Å². The van der Waals surface area contributed by atoms with E-state index in [1.165, 1.54) is 37.7 Å². The topological polar surface area (TPSA) is 8.81 Å². The van der Waals surface area contributed by atoms with Crippen LogP contribution in [0.1, 0.15) is 44.6 Å². The van der Waals surface area contributed by atoms with Crippen molar-refractivity contribution in [3.63, 3.8) is 0 Å². The molecule has 0 saturated heterocycles. The van der Waals surface area contributed by atoms with Crippen molar-refractivity contribution in [2.24, 2.45) is 0 Å². The number of rotatable bonds is 10. The maximum absolute atomic E-state index is 6.16. The van der Waals surface area contributed by atoms with Crippen LogP contribution >= 0.6 is 11.6 Å². The summed E-state index contributed by atoms with van der Waals surface area (Å²) in [5, 5.41) is 0.846. The summed E-state index contributed by atoms with van der Waals surface area (Å²) in [5.74, 6) is 0. The largest absolute Gasteiger partial charge is 0.244 e. The Hall–Kier alpha value is -1.54. The summed E-state index contributed by atoms with van der Waals surface area (Å²) in [4.78, 5) is 0. The molecule has 2 nitrogen and oxygen atoms in total. The first kappa shape index (κ1) is 17.8. The molecule has 0 unspecified atom stereocenters. The minimum Gasteiger partial charge on any atom is -0.237 e. The van der Waals surface area contributed by atoms with Crippen LogP contribution in [0.5, 0.6) is 0 Å². The summed E-state index contributed by atoms with van der Waals surface area (Å²) in [6, 6.07) is 8.02. The molecule has 0 bridgehead atoms. The molecule has 0 aliphatic rings. The second-order valence-corrected chi connectivity index (χ2v) is 6.44. The molecule has 0 amide bonds. The van der Waals surface area contributed by atoms with E-state index in [4.69, 9.17) is 11.6 Å². The van der Waals surface area contributed by atoms with Crippen molar-refractivity contribution < 1.29 is 4.57 Å². The molecule has 124 valence electrons. The normalized spacial score (nSPS) is 11.4. The molecular formula is C20H28ClN2+. The molecular weight excluding hydrogens is 304 g/mol. The van der Waals surface area contributed by atoms with E-state index in [9.17, 15) is 0 Å². The maximum Gasteiger partial charge on any atom is 0.244 e. The van der Waals surface area contributed by atoms with Crippen LogP contribution in [-0.4, -0.2) is 4.57 Å². The molecule has 0 aliphatic carbocycles. The van der Waals surface area contributed by atoms with Crippen LogP contribution in [0, 0.1) is 0 Å². The molecule has 0 aliphatic heterocycles. The number of halogens is 1. The second kappa shape index (κ2) is 10.3. The lowest BCUT2D eigenvalue weighted by molar-refractivity contribution is -0.686. The molecule has 1 aromatic carbocycles.